The summed E-state index contributed by atoms with van der Waals surface area (Å²) in [5.74, 6) is -2.47. The number of nitrogens with zero attached hydrogens (tertiary/aromatic N) is 3. The number of aryl methyl sites for hydroxylation is 2. The van der Waals surface area contributed by atoms with Crippen molar-refractivity contribution in [3.05, 3.63) is 68.5 Å². The van der Waals surface area contributed by atoms with Crippen molar-refractivity contribution in [1.82, 2.24) is 20.3 Å². The fraction of sp³-hybridized carbons (Fsp3) is 0.318. The van der Waals surface area contributed by atoms with Crippen molar-refractivity contribution in [1.29, 1.82) is 5.26 Å². The van der Waals surface area contributed by atoms with E-state index in [-0.39, 0.29) is 27.7 Å². The number of fused-ring (bicyclic) bond motifs is 1. The van der Waals surface area contributed by atoms with Crippen molar-refractivity contribution in [2.24, 2.45) is 0 Å². The Labute approximate surface area is 176 Å². The molecule has 31 heavy (non-hydrogen) atoms. The number of benzene rings is 1. The predicted molar refractivity (Wildman–Crippen MR) is 108 cm³/mol. The van der Waals surface area contributed by atoms with Crippen LogP contribution in [0.3, 0.4) is 0 Å². The van der Waals surface area contributed by atoms with Crippen LogP contribution in [0.1, 0.15) is 54.0 Å². The second-order valence-corrected chi connectivity index (χ2v) is 7.85. The smallest absolute Gasteiger partial charge is 0.252 e. The zero-order valence-corrected chi connectivity index (χ0v) is 17.1. The number of aromatic nitrogens is 3. The summed E-state index contributed by atoms with van der Waals surface area (Å²) >= 11 is 0. The van der Waals surface area contributed by atoms with Gasteiger partial charge >= 0.3 is 0 Å². The highest BCUT2D eigenvalue weighted by Gasteiger charge is 2.54. The Morgan fingerprint density at radius 1 is 1.32 bits per heavy atom. The van der Waals surface area contributed by atoms with Gasteiger partial charge in [-0.25, -0.2) is 13.8 Å². The van der Waals surface area contributed by atoms with Crippen LogP contribution in [-0.2, 0) is 10.2 Å². The van der Waals surface area contributed by atoms with Crippen molar-refractivity contribution in [3.8, 4) is 6.07 Å². The molecule has 7 nitrogen and oxygen atoms in total. The van der Waals surface area contributed by atoms with Crippen LogP contribution in [0.4, 0.5) is 8.78 Å². The number of carbonyl (C=O) groups excluding carboxylic acids is 1. The van der Waals surface area contributed by atoms with Crippen LogP contribution in [0, 0.1) is 36.8 Å². The molecule has 0 bridgehead atoms. The van der Waals surface area contributed by atoms with E-state index in [1.165, 1.54) is 19.2 Å². The zero-order valence-electron chi connectivity index (χ0n) is 17.1. The minimum atomic E-state index is -1.12. The van der Waals surface area contributed by atoms with Crippen LogP contribution in [-0.4, -0.2) is 20.9 Å². The van der Waals surface area contributed by atoms with Gasteiger partial charge in [0.2, 0.25) is 5.91 Å². The summed E-state index contributed by atoms with van der Waals surface area (Å²) in [5.41, 5.74) is 0.152. The molecule has 2 heterocycles. The average Bonchev–Trinajstić information content (AvgIpc) is 3.52. The highest BCUT2D eigenvalue weighted by molar-refractivity contribution is 5.94. The van der Waals surface area contributed by atoms with Crippen LogP contribution in [0.25, 0.3) is 10.9 Å². The maximum absolute atomic E-state index is 14.5. The molecule has 0 saturated heterocycles. The van der Waals surface area contributed by atoms with Gasteiger partial charge in [0.25, 0.3) is 5.56 Å². The van der Waals surface area contributed by atoms with Gasteiger partial charge in [-0.15, -0.1) is 0 Å². The fourth-order valence-electron chi connectivity index (χ4n) is 4.17. The van der Waals surface area contributed by atoms with Crippen LogP contribution in [0.15, 0.2) is 23.1 Å². The molecule has 1 atom stereocenters. The average molecular weight is 423 g/mol. The second kappa shape index (κ2) is 7.23. The zero-order chi connectivity index (χ0) is 22.5. The number of aromatic amines is 1. The third-order valence-electron chi connectivity index (χ3n) is 5.84. The Hall–Kier alpha value is -3.67. The number of nitrogens with one attached hydrogen (secondary N) is 2. The third-order valence-corrected chi connectivity index (χ3v) is 5.84. The van der Waals surface area contributed by atoms with E-state index >= 15 is 0 Å². The number of hydrogen-bond donors (Lipinski definition) is 2. The van der Waals surface area contributed by atoms with Gasteiger partial charge in [-0.1, -0.05) is 0 Å². The largest absolute Gasteiger partial charge is 0.347 e. The van der Waals surface area contributed by atoms with Gasteiger partial charge in [0.05, 0.1) is 34.6 Å². The molecule has 0 aliphatic heterocycles. The van der Waals surface area contributed by atoms with Crippen molar-refractivity contribution in [2.45, 2.75) is 45.1 Å². The van der Waals surface area contributed by atoms with Crippen LogP contribution in [0.2, 0.25) is 0 Å². The molecule has 1 amide bonds. The van der Waals surface area contributed by atoms with Gasteiger partial charge in [0, 0.05) is 10.9 Å². The van der Waals surface area contributed by atoms with Crippen molar-refractivity contribution in [3.63, 3.8) is 0 Å². The summed E-state index contributed by atoms with van der Waals surface area (Å²) in [6.45, 7) is 4.94. The lowest BCUT2D eigenvalue weighted by Gasteiger charge is -2.22. The number of hydrogen-bond acceptors (Lipinski definition) is 5. The molecule has 9 heteroatoms. The number of halogens is 2. The minimum Gasteiger partial charge on any atom is -0.347 e. The lowest BCUT2D eigenvalue weighted by atomic mass is 9.89. The molecule has 2 N–H and O–H groups in total. The van der Waals surface area contributed by atoms with E-state index in [1.807, 2.05) is 6.07 Å². The molecule has 4 rings (SSSR count). The number of nitriles is 1. The lowest BCUT2D eigenvalue weighted by Crippen LogP contribution is -2.40. The van der Waals surface area contributed by atoms with Crippen molar-refractivity contribution >= 4 is 16.8 Å². The molecule has 158 valence electrons. The first-order valence-electron chi connectivity index (χ1n) is 9.75. The molecule has 1 aromatic carbocycles. The summed E-state index contributed by atoms with van der Waals surface area (Å²) < 4.78 is 28.3. The van der Waals surface area contributed by atoms with Gasteiger partial charge in [0.1, 0.15) is 6.07 Å². The standard InChI is InChI=1S/C22H19F2N5O2/c1-10-16-15(5-4-14(23)18(16)24)29-20(30)17(10)22(6-7-22)21(31)28-12(3)19-11(2)27-13(8-25)9-26-19/h4-5,9,12H,6-7H2,1-3H3,(H,28,31)(H,29,30)/t12-/m0/s1. The normalized spacial score (nSPS) is 15.4. The topological polar surface area (TPSA) is 112 Å². The summed E-state index contributed by atoms with van der Waals surface area (Å²) in [4.78, 5) is 36.9. The molecular formula is C22H19F2N5O2. The molecule has 0 unspecified atom stereocenters. The monoisotopic (exact) mass is 423 g/mol. The fourth-order valence-corrected chi connectivity index (χ4v) is 4.17. The quantitative estimate of drug-likeness (QED) is 0.670. The molecule has 1 fully saturated rings. The van der Waals surface area contributed by atoms with Gasteiger partial charge in [-0.3, -0.25) is 14.6 Å². The molecular weight excluding hydrogens is 404 g/mol. The number of rotatable bonds is 4. The molecule has 1 aliphatic rings. The summed E-state index contributed by atoms with van der Waals surface area (Å²) in [5, 5.41) is 11.8. The summed E-state index contributed by atoms with van der Waals surface area (Å²) in [6.07, 6.45) is 2.15. The van der Waals surface area contributed by atoms with Crippen LogP contribution in [0.5, 0.6) is 0 Å². The summed E-state index contributed by atoms with van der Waals surface area (Å²) in [6, 6.07) is 3.64. The summed E-state index contributed by atoms with van der Waals surface area (Å²) in [7, 11) is 0. The Bertz CT molecular complexity index is 1340. The lowest BCUT2D eigenvalue weighted by molar-refractivity contribution is -0.124. The van der Waals surface area contributed by atoms with Gasteiger partial charge in [-0.05, 0) is 51.3 Å². The Kier molecular flexibility index (Phi) is 4.81. The number of H-pyrrole nitrogens is 1. The van der Waals surface area contributed by atoms with Gasteiger partial charge in [-0.2, -0.15) is 5.26 Å². The Morgan fingerprint density at radius 3 is 2.65 bits per heavy atom. The molecule has 1 aliphatic carbocycles. The first kappa shape index (κ1) is 20.6. The molecule has 2 aromatic heterocycles. The van der Waals surface area contributed by atoms with E-state index < -0.39 is 34.6 Å². The molecule has 3 aromatic rings. The minimum absolute atomic E-state index is 0.0319. The number of pyridine rings is 1. The number of amides is 1. The van der Waals surface area contributed by atoms with E-state index in [0.717, 1.165) is 6.07 Å². The second-order valence-electron chi connectivity index (χ2n) is 7.85. The van der Waals surface area contributed by atoms with Gasteiger partial charge in [0.15, 0.2) is 17.3 Å². The molecule has 0 radical (unpaired) electrons. The SMILES string of the molecule is Cc1nc(C#N)cnc1[C@H](C)NC(=O)C1(c2c(C)c3c(F)c(F)ccc3[nH]c2=O)CC1. The maximum Gasteiger partial charge on any atom is 0.252 e. The predicted octanol–water partition coefficient (Wildman–Crippen LogP) is 2.99. The van der Waals surface area contributed by atoms with Crippen molar-refractivity contribution < 1.29 is 13.6 Å². The highest BCUT2D eigenvalue weighted by atomic mass is 19.2. The number of carbonyl (C=O) groups is 1. The van der Waals surface area contributed by atoms with Gasteiger partial charge < -0.3 is 10.3 Å². The first-order chi connectivity index (χ1) is 14.7. The molecule has 0 spiro atoms. The van der Waals surface area contributed by atoms with Crippen molar-refractivity contribution in [2.75, 3.05) is 0 Å². The highest BCUT2D eigenvalue weighted by Crippen LogP contribution is 2.49. The Balaban J connectivity index is 1.72. The van der Waals surface area contributed by atoms with Crippen LogP contribution < -0.4 is 10.9 Å². The third kappa shape index (κ3) is 3.24. The van der Waals surface area contributed by atoms with E-state index in [9.17, 15) is 18.4 Å². The van der Waals surface area contributed by atoms with E-state index in [2.05, 4.69) is 20.3 Å². The van der Waals surface area contributed by atoms with E-state index in [4.69, 9.17) is 5.26 Å². The maximum atomic E-state index is 14.5. The first-order valence-corrected chi connectivity index (χ1v) is 9.75. The van der Waals surface area contributed by atoms with Crippen LogP contribution >= 0.6 is 0 Å². The van der Waals surface area contributed by atoms with E-state index in [0.29, 0.717) is 24.2 Å². The Morgan fingerprint density at radius 2 is 2.03 bits per heavy atom. The molecule has 1 saturated carbocycles. The van der Waals surface area contributed by atoms with E-state index in [1.54, 1.807) is 13.8 Å².